The van der Waals surface area contributed by atoms with Crippen LogP contribution in [0.1, 0.15) is 78.4 Å². The van der Waals surface area contributed by atoms with Crippen molar-refractivity contribution in [2.75, 3.05) is 13.2 Å². The zero-order valence-corrected chi connectivity index (χ0v) is 23.0. The molecule has 0 aromatic heterocycles. The van der Waals surface area contributed by atoms with E-state index in [4.69, 9.17) is 4.74 Å². The van der Waals surface area contributed by atoms with Gasteiger partial charge in [0.1, 0.15) is 5.75 Å². The molecule has 0 atom stereocenters. The summed E-state index contributed by atoms with van der Waals surface area (Å²) in [6.07, 6.45) is 3.58. The zero-order chi connectivity index (χ0) is 25.7. The van der Waals surface area contributed by atoms with Crippen LogP contribution in [0.15, 0.2) is 65.6 Å². The molecule has 35 heavy (non-hydrogen) atoms. The maximum absolute atomic E-state index is 12.7. The van der Waals surface area contributed by atoms with Crippen molar-refractivity contribution in [3.63, 3.8) is 0 Å². The molecular formula is C30H41NO3S. The number of sulfonamides is 1. The third-order valence-electron chi connectivity index (χ3n) is 7.41. The monoisotopic (exact) mass is 495 g/mol. The molecule has 0 aliphatic carbocycles. The van der Waals surface area contributed by atoms with Gasteiger partial charge < -0.3 is 4.74 Å². The van der Waals surface area contributed by atoms with Crippen molar-refractivity contribution in [1.29, 1.82) is 0 Å². The quantitative estimate of drug-likeness (QED) is 0.267. The maximum atomic E-state index is 12.7. The molecule has 0 bridgehead atoms. The van der Waals surface area contributed by atoms with E-state index >= 15 is 0 Å². The van der Waals surface area contributed by atoms with Gasteiger partial charge in [-0.05, 0) is 71.0 Å². The van der Waals surface area contributed by atoms with E-state index in [2.05, 4.69) is 64.5 Å². The molecule has 3 rings (SSSR count). The Morgan fingerprint density at radius 3 is 2.17 bits per heavy atom. The fourth-order valence-electron chi connectivity index (χ4n) is 4.03. The first-order valence-electron chi connectivity index (χ1n) is 12.8. The summed E-state index contributed by atoms with van der Waals surface area (Å²) in [6.45, 7) is 14.5. The first-order chi connectivity index (χ1) is 16.5. The molecule has 0 aliphatic rings. The number of hydrogen-bond acceptors (Lipinski definition) is 3. The Hall–Kier alpha value is -2.37. The van der Waals surface area contributed by atoms with Crippen LogP contribution in [0.3, 0.4) is 0 Å². The first kappa shape index (κ1) is 27.2. The number of fused-ring (bicyclic) bond motifs is 1. The predicted molar refractivity (Wildman–Crippen MR) is 147 cm³/mol. The Kier molecular flexibility index (Phi) is 8.66. The summed E-state index contributed by atoms with van der Waals surface area (Å²) in [4.78, 5) is 0.300. The summed E-state index contributed by atoms with van der Waals surface area (Å²) in [5.41, 5.74) is 2.73. The van der Waals surface area contributed by atoms with Gasteiger partial charge in [0, 0.05) is 12.1 Å². The van der Waals surface area contributed by atoms with Crippen molar-refractivity contribution in [2.24, 2.45) is 0 Å². The standard InChI is InChI=1S/C30H41NO3S/c1-7-29(3,4)25-16-18-28(27(22-25)30(5,6)8-2)34-20-12-11-19-31-35(32,33)26-17-15-23-13-9-10-14-24(23)21-26/h9-10,13-18,21-22,31H,7-8,11-12,19-20H2,1-6H3. The van der Waals surface area contributed by atoms with Gasteiger partial charge in [-0.3, -0.25) is 0 Å². The van der Waals surface area contributed by atoms with Gasteiger partial charge in [-0.1, -0.05) is 84.0 Å². The summed E-state index contributed by atoms with van der Waals surface area (Å²) in [5, 5.41) is 1.95. The highest BCUT2D eigenvalue weighted by molar-refractivity contribution is 7.89. The van der Waals surface area contributed by atoms with E-state index in [1.54, 1.807) is 12.1 Å². The lowest BCUT2D eigenvalue weighted by Gasteiger charge is -2.30. The molecule has 0 heterocycles. The van der Waals surface area contributed by atoms with E-state index in [1.807, 2.05) is 30.3 Å². The third-order valence-corrected chi connectivity index (χ3v) is 8.87. The van der Waals surface area contributed by atoms with Crippen molar-refractivity contribution < 1.29 is 13.2 Å². The highest BCUT2D eigenvalue weighted by Gasteiger charge is 2.26. The van der Waals surface area contributed by atoms with Crippen molar-refractivity contribution in [1.82, 2.24) is 4.72 Å². The van der Waals surface area contributed by atoms with Crippen molar-refractivity contribution in [3.05, 3.63) is 71.8 Å². The summed E-state index contributed by atoms with van der Waals surface area (Å²) in [5.74, 6) is 0.934. The molecule has 0 radical (unpaired) electrons. The second-order valence-corrected chi connectivity index (χ2v) is 12.4. The second kappa shape index (κ2) is 11.1. The fourth-order valence-corrected chi connectivity index (χ4v) is 5.14. The lowest BCUT2D eigenvalue weighted by atomic mass is 9.76. The smallest absolute Gasteiger partial charge is 0.240 e. The van der Waals surface area contributed by atoms with E-state index < -0.39 is 10.0 Å². The fraction of sp³-hybridized carbons (Fsp3) is 0.467. The minimum atomic E-state index is -3.53. The molecule has 0 spiro atoms. The van der Waals surface area contributed by atoms with E-state index in [-0.39, 0.29) is 10.8 Å². The van der Waals surface area contributed by atoms with Gasteiger partial charge in [-0.25, -0.2) is 13.1 Å². The van der Waals surface area contributed by atoms with E-state index in [1.165, 1.54) is 11.1 Å². The van der Waals surface area contributed by atoms with E-state index in [0.29, 0.717) is 24.5 Å². The maximum Gasteiger partial charge on any atom is 0.240 e. The number of hydrogen-bond donors (Lipinski definition) is 1. The van der Waals surface area contributed by atoms with Gasteiger partial charge in [0.05, 0.1) is 11.5 Å². The van der Waals surface area contributed by atoms with Gasteiger partial charge >= 0.3 is 0 Å². The molecule has 4 nitrogen and oxygen atoms in total. The number of ether oxygens (including phenoxy) is 1. The second-order valence-electron chi connectivity index (χ2n) is 10.6. The lowest BCUT2D eigenvalue weighted by Crippen LogP contribution is -2.25. The van der Waals surface area contributed by atoms with Crippen LogP contribution < -0.4 is 9.46 Å². The lowest BCUT2D eigenvalue weighted by molar-refractivity contribution is 0.296. The van der Waals surface area contributed by atoms with Crippen LogP contribution in [-0.4, -0.2) is 21.6 Å². The Balaban J connectivity index is 1.57. The van der Waals surface area contributed by atoms with Crippen LogP contribution in [0.25, 0.3) is 10.8 Å². The first-order valence-corrected chi connectivity index (χ1v) is 14.2. The number of rotatable bonds is 12. The molecule has 0 unspecified atom stereocenters. The summed E-state index contributed by atoms with van der Waals surface area (Å²) < 4.78 is 34.4. The molecule has 0 saturated heterocycles. The van der Waals surface area contributed by atoms with Crippen molar-refractivity contribution >= 4 is 20.8 Å². The Bertz CT molecular complexity index is 1250. The number of unbranched alkanes of at least 4 members (excludes halogenated alkanes) is 1. The number of nitrogens with one attached hydrogen (secondary N) is 1. The number of benzene rings is 3. The van der Waals surface area contributed by atoms with E-state index in [0.717, 1.165) is 35.8 Å². The Labute approximate surface area is 212 Å². The van der Waals surface area contributed by atoms with E-state index in [9.17, 15) is 8.42 Å². The third kappa shape index (κ3) is 6.65. The van der Waals surface area contributed by atoms with Crippen molar-refractivity contribution in [3.8, 4) is 5.75 Å². The van der Waals surface area contributed by atoms with Gasteiger partial charge in [0.25, 0.3) is 0 Å². The largest absolute Gasteiger partial charge is 0.493 e. The van der Waals surface area contributed by atoms with Crippen LogP contribution in [0.4, 0.5) is 0 Å². The van der Waals surface area contributed by atoms with Gasteiger partial charge in [-0.2, -0.15) is 0 Å². The Morgan fingerprint density at radius 1 is 0.800 bits per heavy atom. The topological polar surface area (TPSA) is 55.4 Å². The van der Waals surface area contributed by atoms with Crippen LogP contribution in [0, 0.1) is 0 Å². The molecule has 0 amide bonds. The van der Waals surface area contributed by atoms with Gasteiger partial charge in [0.15, 0.2) is 0 Å². The summed E-state index contributed by atoms with van der Waals surface area (Å²) in [7, 11) is -3.53. The molecule has 5 heteroatoms. The SMILES string of the molecule is CCC(C)(C)c1ccc(OCCCCNS(=O)(=O)c2ccc3ccccc3c2)c(C(C)(C)CC)c1. The molecule has 0 fully saturated rings. The highest BCUT2D eigenvalue weighted by atomic mass is 32.2. The molecule has 0 aliphatic heterocycles. The molecule has 0 saturated carbocycles. The molecule has 3 aromatic rings. The molecule has 1 N–H and O–H groups in total. The molecular weight excluding hydrogens is 454 g/mol. The average Bonchev–Trinajstić information content (AvgIpc) is 2.85. The van der Waals surface area contributed by atoms with Crippen LogP contribution >= 0.6 is 0 Å². The molecule has 3 aromatic carbocycles. The van der Waals surface area contributed by atoms with Gasteiger partial charge in [0.2, 0.25) is 10.0 Å². The zero-order valence-electron chi connectivity index (χ0n) is 22.1. The summed E-state index contributed by atoms with van der Waals surface area (Å²) in [6, 6.07) is 19.6. The minimum Gasteiger partial charge on any atom is -0.493 e. The average molecular weight is 496 g/mol. The van der Waals surface area contributed by atoms with Crippen molar-refractivity contribution in [2.45, 2.75) is 83.0 Å². The predicted octanol–water partition coefficient (Wildman–Crippen LogP) is 7.35. The highest BCUT2D eigenvalue weighted by Crippen LogP contribution is 2.38. The normalized spacial score (nSPS) is 12.7. The summed E-state index contributed by atoms with van der Waals surface area (Å²) >= 11 is 0. The van der Waals surface area contributed by atoms with Crippen LogP contribution in [0.5, 0.6) is 5.75 Å². The van der Waals surface area contributed by atoms with Crippen LogP contribution in [0.2, 0.25) is 0 Å². The Morgan fingerprint density at radius 2 is 1.49 bits per heavy atom. The molecule has 190 valence electrons. The minimum absolute atomic E-state index is 0.0185. The van der Waals surface area contributed by atoms with Gasteiger partial charge in [-0.15, -0.1) is 0 Å². The van der Waals surface area contributed by atoms with Crippen LogP contribution in [-0.2, 0) is 20.9 Å².